The van der Waals surface area contributed by atoms with E-state index in [9.17, 15) is 8.42 Å². The van der Waals surface area contributed by atoms with E-state index in [1.165, 1.54) is 0 Å². The Bertz CT molecular complexity index is 867. The van der Waals surface area contributed by atoms with E-state index >= 15 is 0 Å². The highest BCUT2D eigenvalue weighted by Gasteiger charge is 2.13. The van der Waals surface area contributed by atoms with Crippen molar-refractivity contribution >= 4 is 15.8 Å². The summed E-state index contributed by atoms with van der Waals surface area (Å²) < 4.78 is 30.6. The summed E-state index contributed by atoms with van der Waals surface area (Å²) in [4.78, 5) is 4.83. The minimum atomic E-state index is -3.32. The lowest BCUT2D eigenvalue weighted by Gasteiger charge is -2.15. The topological polar surface area (TPSA) is 79.8 Å². The van der Waals surface area contributed by atoms with Crippen LogP contribution in [0.15, 0.2) is 64.5 Å². The molecule has 0 saturated carbocycles. The Labute approximate surface area is 168 Å². The van der Waals surface area contributed by atoms with Gasteiger partial charge in [-0.15, -0.1) is 0 Å². The summed E-state index contributed by atoms with van der Waals surface area (Å²) in [5.41, 5.74) is 1.14. The number of hydrogen-bond donors (Lipinski definition) is 2. The summed E-state index contributed by atoms with van der Waals surface area (Å²) in [6.45, 7) is 7.35. The van der Waals surface area contributed by atoms with Gasteiger partial charge >= 0.3 is 0 Å². The van der Waals surface area contributed by atoms with Crippen LogP contribution in [0, 0.1) is 6.92 Å². The molecule has 0 heterocycles. The molecule has 0 amide bonds. The van der Waals surface area contributed by atoms with Crippen molar-refractivity contribution in [3.05, 3.63) is 60.2 Å². The Kier molecular flexibility index (Phi) is 8.32. The van der Waals surface area contributed by atoms with Crippen LogP contribution in [0.25, 0.3) is 0 Å². The van der Waals surface area contributed by atoms with Gasteiger partial charge in [-0.3, -0.25) is 0 Å². The second-order valence-corrected chi connectivity index (χ2v) is 8.63. The van der Waals surface area contributed by atoms with E-state index in [1.54, 1.807) is 30.3 Å². The molecule has 2 aromatic carbocycles. The average molecular weight is 404 g/mol. The average Bonchev–Trinajstić information content (AvgIpc) is 2.67. The molecule has 0 spiro atoms. The zero-order valence-electron chi connectivity index (χ0n) is 16.7. The molecule has 1 atom stereocenters. The molecule has 1 unspecified atom stereocenters. The first-order valence-corrected chi connectivity index (χ1v) is 11.1. The minimum Gasteiger partial charge on any atom is -0.489 e. The maximum Gasteiger partial charge on any atom is 0.191 e. The minimum absolute atomic E-state index is 0.00320. The quantitative estimate of drug-likeness (QED) is 0.497. The fraction of sp³-hybridized carbons (Fsp3) is 0.381. The first-order chi connectivity index (χ1) is 13.4. The molecule has 152 valence electrons. The molecule has 0 aliphatic rings. The molecule has 2 aromatic rings. The maximum atomic E-state index is 12.3. The molecule has 0 fully saturated rings. The number of rotatable bonds is 9. The number of ether oxygens (including phenoxy) is 1. The van der Waals surface area contributed by atoms with Crippen LogP contribution < -0.4 is 15.4 Å². The monoisotopic (exact) mass is 403 g/mol. The molecule has 6 nitrogen and oxygen atoms in total. The molecule has 0 bridgehead atoms. The van der Waals surface area contributed by atoms with Gasteiger partial charge in [0.15, 0.2) is 15.8 Å². The summed E-state index contributed by atoms with van der Waals surface area (Å²) in [6.07, 6.45) is -0.106. The van der Waals surface area contributed by atoms with Crippen molar-refractivity contribution in [3.8, 4) is 5.75 Å². The van der Waals surface area contributed by atoms with Crippen molar-refractivity contribution in [1.29, 1.82) is 0 Å². The Morgan fingerprint density at radius 3 is 2.54 bits per heavy atom. The molecule has 0 saturated heterocycles. The molecular formula is C21H29N3O3S. The first kappa shape index (κ1) is 21.8. The summed E-state index contributed by atoms with van der Waals surface area (Å²) in [5.74, 6) is 1.39. The maximum absolute atomic E-state index is 12.3. The van der Waals surface area contributed by atoms with Crippen LogP contribution in [-0.2, 0) is 9.84 Å². The van der Waals surface area contributed by atoms with Gasteiger partial charge in [0.2, 0.25) is 0 Å². The van der Waals surface area contributed by atoms with E-state index in [0.29, 0.717) is 23.9 Å². The number of nitrogens with zero attached hydrogens (tertiary/aromatic N) is 1. The van der Waals surface area contributed by atoms with Gasteiger partial charge < -0.3 is 15.4 Å². The third kappa shape index (κ3) is 7.23. The largest absolute Gasteiger partial charge is 0.489 e. The Morgan fingerprint density at radius 1 is 1.11 bits per heavy atom. The summed E-state index contributed by atoms with van der Waals surface area (Å²) in [5, 5.41) is 6.20. The van der Waals surface area contributed by atoms with Crippen LogP contribution in [-0.4, -0.2) is 45.9 Å². The molecule has 0 radical (unpaired) electrons. The number of aliphatic imine (C=N–C) groups is 1. The standard InChI is InChI=1S/C21H29N3O3S/c1-4-22-21(23-13-14-28(25,26)20-11-6-5-7-12-20)24-16-18(3)27-19-10-8-9-17(2)15-19/h5-12,15,18H,4,13-14,16H2,1-3H3,(H2,22,23,24). The Hall–Kier alpha value is -2.54. The van der Waals surface area contributed by atoms with Crippen molar-refractivity contribution in [2.75, 3.05) is 25.4 Å². The molecule has 2 N–H and O–H groups in total. The fourth-order valence-corrected chi connectivity index (χ4v) is 3.75. The molecule has 28 heavy (non-hydrogen) atoms. The number of benzene rings is 2. The number of aryl methyl sites for hydroxylation is 1. The van der Waals surface area contributed by atoms with E-state index in [4.69, 9.17) is 4.74 Å². The summed E-state index contributed by atoms with van der Waals surface area (Å²) in [7, 11) is -3.32. The van der Waals surface area contributed by atoms with E-state index in [1.807, 2.05) is 45.0 Å². The van der Waals surface area contributed by atoms with Crippen LogP contribution in [0.3, 0.4) is 0 Å². The van der Waals surface area contributed by atoms with Crippen LogP contribution in [0.2, 0.25) is 0 Å². The van der Waals surface area contributed by atoms with E-state index in [2.05, 4.69) is 15.6 Å². The SMILES string of the molecule is CCNC(=NCC(C)Oc1cccc(C)c1)NCCS(=O)(=O)c1ccccc1. The second-order valence-electron chi connectivity index (χ2n) is 6.52. The van der Waals surface area contributed by atoms with Crippen molar-refractivity contribution in [2.45, 2.75) is 31.8 Å². The van der Waals surface area contributed by atoms with Gasteiger partial charge in [0.25, 0.3) is 0 Å². The molecule has 0 aromatic heterocycles. The first-order valence-electron chi connectivity index (χ1n) is 9.44. The van der Waals surface area contributed by atoms with Gasteiger partial charge in [0.1, 0.15) is 11.9 Å². The van der Waals surface area contributed by atoms with Gasteiger partial charge in [0.05, 0.1) is 17.2 Å². The molecule has 7 heteroatoms. The van der Waals surface area contributed by atoms with Crippen molar-refractivity contribution in [1.82, 2.24) is 10.6 Å². The molecular weight excluding hydrogens is 374 g/mol. The lowest BCUT2D eigenvalue weighted by atomic mass is 10.2. The molecule has 0 aliphatic carbocycles. The lowest BCUT2D eigenvalue weighted by Crippen LogP contribution is -2.40. The number of guanidine groups is 1. The van der Waals surface area contributed by atoms with Crippen molar-refractivity contribution < 1.29 is 13.2 Å². The highest BCUT2D eigenvalue weighted by atomic mass is 32.2. The molecule has 0 aliphatic heterocycles. The van der Waals surface area contributed by atoms with Gasteiger partial charge in [0, 0.05) is 13.1 Å². The van der Waals surface area contributed by atoms with E-state index in [0.717, 1.165) is 11.3 Å². The van der Waals surface area contributed by atoms with Gasteiger partial charge in [-0.2, -0.15) is 0 Å². The van der Waals surface area contributed by atoms with E-state index in [-0.39, 0.29) is 18.4 Å². The summed E-state index contributed by atoms with van der Waals surface area (Å²) in [6, 6.07) is 16.4. The van der Waals surface area contributed by atoms with Gasteiger partial charge in [-0.25, -0.2) is 13.4 Å². The van der Waals surface area contributed by atoms with Gasteiger partial charge in [-0.05, 0) is 50.6 Å². The predicted octanol–water partition coefficient (Wildman–Crippen LogP) is 2.79. The predicted molar refractivity (Wildman–Crippen MR) is 114 cm³/mol. The Morgan fingerprint density at radius 2 is 1.86 bits per heavy atom. The fourth-order valence-electron chi connectivity index (χ4n) is 2.57. The number of hydrogen-bond acceptors (Lipinski definition) is 4. The van der Waals surface area contributed by atoms with E-state index < -0.39 is 9.84 Å². The van der Waals surface area contributed by atoms with Crippen LogP contribution in [0.5, 0.6) is 5.75 Å². The second kappa shape index (κ2) is 10.7. The van der Waals surface area contributed by atoms with Crippen molar-refractivity contribution in [2.24, 2.45) is 4.99 Å². The highest BCUT2D eigenvalue weighted by molar-refractivity contribution is 7.91. The van der Waals surface area contributed by atoms with Crippen LogP contribution >= 0.6 is 0 Å². The highest BCUT2D eigenvalue weighted by Crippen LogP contribution is 2.14. The zero-order valence-corrected chi connectivity index (χ0v) is 17.5. The number of nitrogens with one attached hydrogen (secondary N) is 2. The zero-order chi connectivity index (χ0) is 20.4. The summed E-state index contributed by atoms with van der Waals surface area (Å²) >= 11 is 0. The van der Waals surface area contributed by atoms with Crippen molar-refractivity contribution in [3.63, 3.8) is 0 Å². The number of sulfone groups is 1. The lowest BCUT2D eigenvalue weighted by molar-refractivity contribution is 0.230. The normalized spacial score (nSPS) is 13.0. The Balaban J connectivity index is 1.87. The molecule has 2 rings (SSSR count). The van der Waals surface area contributed by atoms with Crippen LogP contribution in [0.4, 0.5) is 0 Å². The third-order valence-corrected chi connectivity index (χ3v) is 5.68. The third-order valence-electron chi connectivity index (χ3n) is 3.94. The smallest absolute Gasteiger partial charge is 0.191 e. The van der Waals surface area contributed by atoms with Crippen LogP contribution in [0.1, 0.15) is 19.4 Å². The van der Waals surface area contributed by atoms with Gasteiger partial charge in [-0.1, -0.05) is 30.3 Å².